The molecule has 2 unspecified atom stereocenters. The lowest BCUT2D eigenvalue weighted by molar-refractivity contribution is 0.0239. The quantitative estimate of drug-likeness (QED) is 0.659. The van der Waals surface area contributed by atoms with Crippen molar-refractivity contribution < 1.29 is 9.47 Å². The third-order valence-electron chi connectivity index (χ3n) is 2.98. The molecule has 0 aromatic heterocycles. The van der Waals surface area contributed by atoms with E-state index >= 15 is 0 Å². The van der Waals surface area contributed by atoms with Gasteiger partial charge >= 0.3 is 0 Å². The zero-order valence-electron chi connectivity index (χ0n) is 8.84. The Morgan fingerprint density at radius 1 is 1.50 bits per heavy atom. The molecule has 0 spiro atoms. The molecule has 0 amide bonds. The minimum absolute atomic E-state index is 0.167. The van der Waals surface area contributed by atoms with Crippen LogP contribution in [-0.4, -0.2) is 51.1 Å². The monoisotopic (exact) mass is 200 g/mol. The van der Waals surface area contributed by atoms with Crippen molar-refractivity contribution >= 4 is 0 Å². The fourth-order valence-electron chi connectivity index (χ4n) is 1.92. The van der Waals surface area contributed by atoms with Crippen molar-refractivity contribution in [1.82, 2.24) is 10.6 Å². The first-order valence-electron chi connectivity index (χ1n) is 5.44. The molecule has 0 aliphatic carbocycles. The van der Waals surface area contributed by atoms with Crippen LogP contribution in [0, 0.1) is 0 Å². The zero-order valence-corrected chi connectivity index (χ0v) is 8.84. The van der Waals surface area contributed by atoms with E-state index in [1.807, 2.05) is 0 Å². The summed E-state index contributed by atoms with van der Waals surface area (Å²) in [5, 5.41) is 6.86. The Kier molecular flexibility index (Phi) is 3.38. The fraction of sp³-hybridized carbons (Fsp3) is 1.00. The van der Waals surface area contributed by atoms with Gasteiger partial charge in [0.15, 0.2) is 0 Å². The molecule has 2 heterocycles. The molecule has 2 fully saturated rings. The third-order valence-corrected chi connectivity index (χ3v) is 2.98. The summed E-state index contributed by atoms with van der Waals surface area (Å²) in [5.74, 6) is 0. The van der Waals surface area contributed by atoms with Crippen LogP contribution < -0.4 is 10.6 Å². The predicted molar refractivity (Wildman–Crippen MR) is 54.5 cm³/mol. The molecule has 2 aliphatic heterocycles. The van der Waals surface area contributed by atoms with E-state index in [1.54, 1.807) is 0 Å². The minimum atomic E-state index is 0.167. The summed E-state index contributed by atoms with van der Waals surface area (Å²) in [5.41, 5.74) is 0.167. The largest absolute Gasteiger partial charge is 0.379 e. The fourth-order valence-corrected chi connectivity index (χ4v) is 1.92. The van der Waals surface area contributed by atoms with Crippen LogP contribution in [0.15, 0.2) is 0 Å². The predicted octanol–water partition coefficient (Wildman–Crippen LogP) is -0.257. The van der Waals surface area contributed by atoms with E-state index in [2.05, 4.69) is 17.6 Å². The summed E-state index contributed by atoms with van der Waals surface area (Å²) in [6.45, 7) is 7.63. The molecule has 4 heteroatoms. The molecule has 2 atom stereocenters. The first-order chi connectivity index (χ1) is 6.79. The molecular formula is C10H20N2O2. The summed E-state index contributed by atoms with van der Waals surface area (Å²) >= 11 is 0. The normalized spacial score (nSPS) is 38.8. The lowest BCUT2D eigenvalue weighted by Gasteiger charge is -2.29. The molecule has 0 bridgehead atoms. The maximum Gasteiger partial charge on any atom is 0.0824 e. The minimum Gasteiger partial charge on any atom is -0.379 e. The molecule has 14 heavy (non-hydrogen) atoms. The first-order valence-corrected chi connectivity index (χ1v) is 5.44. The van der Waals surface area contributed by atoms with E-state index in [1.165, 1.54) is 0 Å². The van der Waals surface area contributed by atoms with Crippen LogP contribution in [0.2, 0.25) is 0 Å². The first kappa shape index (κ1) is 10.4. The Morgan fingerprint density at radius 3 is 3.07 bits per heavy atom. The summed E-state index contributed by atoms with van der Waals surface area (Å²) in [4.78, 5) is 0. The highest BCUT2D eigenvalue weighted by Gasteiger charge is 2.29. The number of hydrogen-bond acceptors (Lipinski definition) is 4. The van der Waals surface area contributed by atoms with Crippen LogP contribution in [-0.2, 0) is 9.47 Å². The van der Waals surface area contributed by atoms with Crippen LogP contribution in [0.4, 0.5) is 0 Å². The second-order valence-corrected chi connectivity index (χ2v) is 4.44. The molecule has 0 aromatic rings. The number of nitrogens with one attached hydrogen (secondary N) is 2. The van der Waals surface area contributed by atoms with Gasteiger partial charge in [-0.05, 0) is 13.3 Å². The number of ether oxygens (including phenoxy) is 2. The van der Waals surface area contributed by atoms with Gasteiger partial charge in [0.2, 0.25) is 0 Å². The van der Waals surface area contributed by atoms with E-state index in [0.717, 1.165) is 45.9 Å². The average Bonchev–Trinajstić information content (AvgIpc) is 2.65. The Hall–Kier alpha value is -0.160. The van der Waals surface area contributed by atoms with Crippen molar-refractivity contribution in [2.24, 2.45) is 0 Å². The van der Waals surface area contributed by atoms with E-state index < -0.39 is 0 Å². The Morgan fingerprint density at radius 2 is 2.43 bits per heavy atom. The maximum absolute atomic E-state index is 5.62. The van der Waals surface area contributed by atoms with E-state index in [9.17, 15) is 0 Å². The molecule has 0 saturated carbocycles. The smallest absolute Gasteiger partial charge is 0.0824 e. The Balaban J connectivity index is 1.70. The summed E-state index contributed by atoms with van der Waals surface area (Å²) in [7, 11) is 0. The standard InChI is InChI=1S/C10H20N2O2/c1-10(2-4-13-8-10)12-7-9-6-11-3-5-14-9/h9,11-12H,2-8H2,1H3. The molecule has 4 nitrogen and oxygen atoms in total. The van der Waals surface area contributed by atoms with Gasteiger partial charge in [-0.3, -0.25) is 0 Å². The second-order valence-electron chi connectivity index (χ2n) is 4.44. The molecule has 0 radical (unpaired) electrons. The van der Waals surface area contributed by atoms with Crippen molar-refractivity contribution in [3.63, 3.8) is 0 Å². The van der Waals surface area contributed by atoms with Gasteiger partial charge in [0.25, 0.3) is 0 Å². The highest BCUT2D eigenvalue weighted by molar-refractivity contribution is 4.88. The Bertz CT molecular complexity index is 175. The molecule has 82 valence electrons. The molecule has 2 rings (SSSR count). The van der Waals surface area contributed by atoms with Crippen LogP contribution in [0.1, 0.15) is 13.3 Å². The van der Waals surface area contributed by atoms with Gasteiger partial charge in [-0.1, -0.05) is 0 Å². The van der Waals surface area contributed by atoms with Crippen molar-refractivity contribution in [1.29, 1.82) is 0 Å². The molecule has 0 aromatic carbocycles. The summed E-state index contributed by atoms with van der Waals surface area (Å²) in [6.07, 6.45) is 1.42. The van der Waals surface area contributed by atoms with E-state index in [0.29, 0.717) is 6.10 Å². The van der Waals surface area contributed by atoms with Crippen molar-refractivity contribution in [2.75, 3.05) is 39.5 Å². The van der Waals surface area contributed by atoms with Crippen molar-refractivity contribution in [3.05, 3.63) is 0 Å². The van der Waals surface area contributed by atoms with Crippen LogP contribution in [0.3, 0.4) is 0 Å². The lowest BCUT2D eigenvalue weighted by Crippen LogP contribution is -2.51. The van der Waals surface area contributed by atoms with Crippen molar-refractivity contribution in [3.8, 4) is 0 Å². The molecule has 2 aliphatic rings. The van der Waals surface area contributed by atoms with Gasteiger partial charge in [-0.2, -0.15) is 0 Å². The van der Waals surface area contributed by atoms with Gasteiger partial charge in [0, 0.05) is 31.8 Å². The topological polar surface area (TPSA) is 42.5 Å². The van der Waals surface area contributed by atoms with Gasteiger partial charge in [-0.25, -0.2) is 0 Å². The number of rotatable bonds is 3. The molecule has 2 N–H and O–H groups in total. The number of morpholine rings is 1. The van der Waals surface area contributed by atoms with Crippen LogP contribution in [0.5, 0.6) is 0 Å². The molecular weight excluding hydrogens is 180 g/mol. The lowest BCUT2D eigenvalue weighted by atomic mass is 10.0. The Labute approximate surface area is 85.3 Å². The summed E-state index contributed by atoms with van der Waals surface area (Å²) < 4.78 is 11.0. The van der Waals surface area contributed by atoms with Crippen molar-refractivity contribution in [2.45, 2.75) is 25.0 Å². The summed E-state index contributed by atoms with van der Waals surface area (Å²) in [6, 6.07) is 0. The van der Waals surface area contributed by atoms with Gasteiger partial charge in [0.05, 0.1) is 19.3 Å². The molecule has 2 saturated heterocycles. The van der Waals surface area contributed by atoms with Crippen LogP contribution >= 0.6 is 0 Å². The van der Waals surface area contributed by atoms with Crippen LogP contribution in [0.25, 0.3) is 0 Å². The average molecular weight is 200 g/mol. The third kappa shape index (κ3) is 2.67. The number of hydrogen-bond donors (Lipinski definition) is 2. The van der Waals surface area contributed by atoms with Gasteiger partial charge < -0.3 is 20.1 Å². The van der Waals surface area contributed by atoms with E-state index in [-0.39, 0.29) is 5.54 Å². The maximum atomic E-state index is 5.62. The zero-order chi connectivity index (χ0) is 9.86. The second kappa shape index (κ2) is 4.57. The highest BCUT2D eigenvalue weighted by Crippen LogP contribution is 2.17. The highest BCUT2D eigenvalue weighted by atomic mass is 16.5. The van der Waals surface area contributed by atoms with E-state index in [4.69, 9.17) is 9.47 Å². The van der Waals surface area contributed by atoms with Gasteiger partial charge in [-0.15, -0.1) is 0 Å². The van der Waals surface area contributed by atoms with Gasteiger partial charge in [0.1, 0.15) is 0 Å². The SMILES string of the molecule is CC1(NCC2CNCCO2)CCOC1.